The second kappa shape index (κ2) is 6.23. The molecule has 2 fully saturated rings. The number of methoxy groups -OCH3 is 1. The van der Waals surface area contributed by atoms with Crippen LogP contribution in [0.4, 0.5) is 0 Å². The van der Waals surface area contributed by atoms with Crippen LogP contribution < -0.4 is 4.74 Å². The Morgan fingerprint density at radius 3 is 2.29 bits per heavy atom. The molecule has 3 nitrogen and oxygen atoms in total. The SMILES string of the molecule is COc1ccccc1C1(O)CC2CCC(C1)N2Cc1ccccc1. The molecule has 2 bridgehead atoms. The monoisotopic (exact) mass is 323 g/mol. The van der Waals surface area contributed by atoms with E-state index in [0.29, 0.717) is 12.1 Å². The Morgan fingerprint density at radius 1 is 1.00 bits per heavy atom. The molecule has 0 spiro atoms. The number of rotatable bonds is 4. The predicted molar refractivity (Wildman–Crippen MR) is 94.9 cm³/mol. The van der Waals surface area contributed by atoms with E-state index >= 15 is 0 Å². The van der Waals surface area contributed by atoms with Gasteiger partial charge in [0.2, 0.25) is 0 Å². The first-order chi connectivity index (χ1) is 11.7. The fourth-order valence-electron chi connectivity index (χ4n) is 4.62. The van der Waals surface area contributed by atoms with E-state index in [9.17, 15) is 5.11 Å². The average molecular weight is 323 g/mol. The second-order valence-corrected chi connectivity index (χ2v) is 7.18. The van der Waals surface area contributed by atoms with Crippen LogP contribution in [0, 0.1) is 0 Å². The van der Waals surface area contributed by atoms with Gasteiger partial charge in [0.15, 0.2) is 0 Å². The fraction of sp³-hybridized carbons (Fsp3) is 0.429. The number of ether oxygens (including phenoxy) is 1. The number of hydrogen-bond acceptors (Lipinski definition) is 3. The largest absolute Gasteiger partial charge is 0.496 e. The smallest absolute Gasteiger partial charge is 0.124 e. The zero-order valence-electron chi connectivity index (χ0n) is 14.2. The number of hydrogen-bond donors (Lipinski definition) is 1. The van der Waals surface area contributed by atoms with Gasteiger partial charge in [0.25, 0.3) is 0 Å². The van der Waals surface area contributed by atoms with Gasteiger partial charge in [-0.15, -0.1) is 0 Å². The summed E-state index contributed by atoms with van der Waals surface area (Å²) < 4.78 is 5.50. The Kier molecular flexibility index (Phi) is 4.07. The van der Waals surface area contributed by atoms with Gasteiger partial charge in [0.1, 0.15) is 5.75 Å². The summed E-state index contributed by atoms with van der Waals surface area (Å²) in [7, 11) is 1.68. The molecule has 2 aliphatic rings. The number of fused-ring (bicyclic) bond motifs is 2. The van der Waals surface area contributed by atoms with Gasteiger partial charge in [-0.05, 0) is 37.3 Å². The lowest BCUT2D eigenvalue weighted by atomic mass is 9.80. The number of para-hydroxylation sites is 1. The number of aliphatic hydroxyl groups is 1. The van der Waals surface area contributed by atoms with E-state index in [1.165, 1.54) is 18.4 Å². The number of benzene rings is 2. The molecule has 2 aromatic carbocycles. The van der Waals surface area contributed by atoms with Crippen molar-refractivity contribution in [1.29, 1.82) is 0 Å². The molecule has 1 N–H and O–H groups in total. The molecule has 0 amide bonds. The Morgan fingerprint density at radius 2 is 1.62 bits per heavy atom. The Hall–Kier alpha value is -1.84. The van der Waals surface area contributed by atoms with Crippen molar-refractivity contribution < 1.29 is 9.84 Å². The zero-order chi connectivity index (χ0) is 16.6. The normalized spacial score (nSPS) is 29.6. The third-order valence-electron chi connectivity index (χ3n) is 5.73. The molecule has 2 aliphatic heterocycles. The van der Waals surface area contributed by atoms with E-state index in [-0.39, 0.29) is 0 Å². The van der Waals surface area contributed by atoms with Crippen LogP contribution in [0.1, 0.15) is 36.8 Å². The molecule has 2 aromatic rings. The van der Waals surface area contributed by atoms with Crippen LogP contribution in [-0.2, 0) is 12.1 Å². The van der Waals surface area contributed by atoms with Gasteiger partial charge in [-0.3, -0.25) is 4.90 Å². The first-order valence-corrected chi connectivity index (χ1v) is 8.85. The molecular weight excluding hydrogens is 298 g/mol. The van der Waals surface area contributed by atoms with Crippen molar-refractivity contribution >= 4 is 0 Å². The minimum absolute atomic E-state index is 0.443. The molecule has 3 heteroatoms. The molecule has 2 atom stereocenters. The summed E-state index contributed by atoms with van der Waals surface area (Å²) in [5.41, 5.74) is 1.53. The van der Waals surface area contributed by atoms with Crippen LogP contribution in [-0.4, -0.2) is 29.2 Å². The summed E-state index contributed by atoms with van der Waals surface area (Å²) in [6, 6.07) is 19.5. The number of nitrogens with zero attached hydrogens (tertiary/aromatic N) is 1. The average Bonchev–Trinajstić information content (AvgIpc) is 2.86. The summed E-state index contributed by atoms with van der Waals surface area (Å²) in [6.45, 7) is 0.984. The minimum Gasteiger partial charge on any atom is -0.496 e. The molecular formula is C21H25NO2. The van der Waals surface area contributed by atoms with E-state index in [1.54, 1.807) is 7.11 Å². The van der Waals surface area contributed by atoms with Gasteiger partial charge in [-0.25, -0.2) is 0 Å². The highest BCUT2D eigenvalue weighted by atomic mass is 16.5. The van der Waals surface area contributed by atoms with Crippen molar-refractivity contribution in [2.75, 3.05) is 7.11 Å². The van der Waals surface area contributed by atoms with Crippen LogP contribution in [0.2, 0.25) is 0 Å². The van der Waals surface area contributed by atoms with Crippen molar-refractivity contribution in [3.05, 3.63) is 65.7 Å². The molecule has 0 aromatic heterocycles. The maximum Gasteiger partial charge on any atom is 0.124 e. The van der Waals surface area contributed by atoms with Crippen molar-refractivity contribution in [2.45, 2.75) is 49.9 Å². The maximum absolute atomic E-state index is 11.4. The third kappa shape index (κ3) is 2.72. The molecule has 2 heterocycles. The van der Waals surface area contributed by atoms with Gasteiger partial charge in [-0.2, -0.15) is 0 Å². The predicted octanol–water partition coefficient (Wildman–Crippen LogP) is 3.71. The quantitative estimate of drug-likeness (QED) is 0.931. The van der Waals surface area contributed by atoms with Gasteiger partial charge >= 0.3 is 0 Å². The van der Waals surface area contributed by atoms with Crippen LogP contribution in [0.15, 0.2) is 54.6 Å². The second-order valence-electron chi connectivity index (χ2n) is 7.18. The molecule has 0 aliphatic carbocycles. The van der Waals surface area contributed by atoms with Crippen molar-refractivity contribution in [3.8, 4) is 5.75 Å². The molecule has 0 radical (unpaired) electrons. The molecule has 2 saturated heterocycles. The first kappa shape index (κ1) is 15.7. The third-order valence-corrected chi connectivity index (χ3v) is 5.73. The van der Waals surface area contributed by atoms with Gasteiger partial charge in [-0.1, -0.05) is 48.5 Å². The lowest BCUT2D eigenvalue weighted by Crippen LogP contribution is -2.49. The Balaban J connectivity index is 1.57. The van der Waals surface area contributed by atoms with E-state index < -0.39 is 5.60 Å². The summed E-state index contributed by atoms with van der Waals surface area (Å²) in [4.78, 5) is 2.60. The summed E-state index contributed by atoms with van der Waals surface area (Å²) in [6.07, 6.45) is 3.93. The van der Waals surface area contributed by atoms with Crippen LogP contribution in [0.5, 0.6) is 5.75 Å². The number of piperidine rings is 1. The van der Waals surface area contributed by atoms with E-state index in [0.717, 1.165) is 30.7 Å². The van der Waals surface area contributed by atoms with Crippen molar-refractivity contribution in [1.82, 2.24) is 4.90 Å². The molecule has 2 unspecified atom stereocenters. The molecule has 0 saturated carbocycles. The van der Waals surface area contributed by atoms with Crippen LogP contribution in [0.25, 0.3) is 0 Å². The van der Waals surface area contributed by atoms with Gasteiger partial charge < -0.3 is 9.84 Å². The summed E-state index contributed by atoms with van der Waals surface area (Å²) >= 11 is 0. The van der Waals surface area contributed by atoms with Crippen LogP contribution in [0.3, 0.4) is 0 Å². The summed E-state index contributed by atoms with van der Waals surface area (Å²) in [5.74, 6) is 0.802. The molecule has 24 heavy (non-hydrogen) atoms. The van der Waals surface area contributed by atoms with Gasteiger partial charge in [0.05, 0.1) is 12.7 Å². The minimum atomic E-state index is -0.772. The standard InChI is InChI=1S/C21H25NO2/c1-24-20-10-6-5-9-19(20)21(23)13-17-11-12-18(14-21)22(17)15-16-7-3-2-4-8-16/h2-10,17-18,23H,11-15H2,1H3. The topological polar surface area (TPSA) is 32.7 Å². The maximum atomic E-state index is 11.4. The Labute approximate surface area is 143 Å². The first-order valence-electron chi connectivity index (χ1n) is 8.85. The highest BCUT2D eigenvalue weighted by Gasteiger charge is 2.48. The molecule has 126 valence electrons. The van der Waals surface area contributed by atoms with Crippen molar-refractivity contribution in [3.63, 3.8) is 0 Å². The van der Waals surface area contributed by atoms with E-state index in [4.69, 9.17) is 4.74 Å². The summed E-state index contributed by atoms with van der Waals surface area (Å²) in [5, 5.41) is 11.4. The lowest BCUT2D eigenvalue weighted by molar-refractivity contribution is -0.0606. The van der Waals surface area contributed by atoms with E-state index in [1.807, 2.05) is 24.3 Å². The zero-order valence-corrected chi connectivity index (χ0v) is 14.2. The molecule has 4 rings (SSSR count). The Bertz CT molecular complexity index is 686. The fourth-order valence-corrected chi connectivity index (χ4v) is 4.62. The highest BCUT2D eigenvalue weighted by Crippen LogP contribution is 2.48. The van der Waals surface area contributed by atoms with E-state index in [2.05, 4.69) is 35.2 Å². The highest BCUT2D eigenvalue weighted by molar-refractivity contribution is 5.39. The lowest BCUT2D eigenvalue weighted by Gasteiger charge is -2.44. The van der Waals surface area contributed by atoms with Crippen LogP contribution >= 0.6 is 0 Å². The van der Waals surface area contributed by atoms with Crippen molar-refractivity contribution in [2.24, 2.45) is 0 Å². The van der Waals surface area contributed by atoms with Gasteiger partial charge in [0, 0.05) is 24.2 Å².